The fourth-order valence-electron chi connectivity index (χ4n) is 7.43. The molecule has 0 aliphatic rings. The fourth-order valence-corrected chi connectivity index (χ4v) is 7.43. The third-order valence-electron chi connectivity index (χ3n) is 11.0. The summed E-state index contributed by atoms with van der Waals surface area (Å²) in [5.74, 6) is -0.122. The summed E-state index contributed by atoms with van der Waals surface area (Å²) in [4.78, 5) is 27.5. The Morgan fingerprint density at radius 3 is 1.39 bits per heavy atom. The van der Waals surface area contributed by atoms with Crippen molar-refractivity contribution in [3.05, 3.63) is 0 Å². The molecule has 0 unspecified atom stereocenters. The smallest absolute Gasteiger partial charge is 0.389 e. The molecule has 0 atom stereocenters. The highest BCUT2D eigenvalue weighted by atomic mass is 19.4. The molecule has 56 heavy (non-hydrogen) atoms. The Morgan fingerprint density at radius 1 is 0.500 bits per heavy atom. The Morgan fingerprint density at radius 2 is 0.893 bits per heavy atom. The largest absolute Gasteiger partial charge is 0.466 e. The molecule has 334 valence electrons. The average Bonchev–Trinajstić information content (AvgIpc) is 3.16. The van der Waals surface area contributed by atoms with Crippen LogP contribution in [-0.4, -0.2) is 67.1 Å². The summed E-state index contributed by atoms with van der Waals surface area (Å²) >= 11 is 0. The van der Waals surface area contributed by atoms with Crippen molar-refractivity contribution in [2.75, 3.05) is 32.8 Å². The SMILES string of the molecule is CCCCCCCCC(CCCCCCCC)OC(=O)CCCCCCCN(CCCCCO)CCCCCC(=O)OCCCCCCCCCCC(F)(F)F. The zero-order valence-electron chi connectivity index (χ0n) is 36.7. The minimum absolute atomic E-state index is 0.00183. The van der Waals surface area contributed by atoms with E-state index >= 15 is 0 Å². The number of carbonyl (C=O) groups is 2. The number of carbonyl (C=O) groups excluding carboxylic acids is 2. The second-order valence-corrected chi connectivity index (χ2v) is 16.6. The van der Waals surface area contributed by atoms with Crippen LogP contribution in [0.3, 0.4) is 0 Å². The fraction of sp³-hybridized carbons (Fsp3) is 0.957. The molecule has 0 aliphatic heterocycles. The number of ether oxygens (including phenoxy) is 2. The molecule has 0 aromatic heterocycles. The topological polar surface area (TPSA) is 76.1 Å². The Hall–Kier alpha value is -1.35. The van der Waals surface area contributed by atoms with Gasteiger partial charge in [-0.05, 0) is 103 Å². The Labute approximate surface area is 343 Å². The zero-order chi connectivity index (χ0) is 41.2. The standard InChI is InChI=1S/C47H90F3NO5/c1-3-5-7-9-16-24-34-44(35-25-17-10-8-6-4-2)56-46(54)37-26-18-15-20-29-39-51(41-31-23-32-42-52)40-30-22-27-36-45(53)55-43-33-21-14-12-11-13-19-28-38-47(48,49)50/h44,52H,3-43H2,1-2H3. The van der Waals surface area contributed by atoms with Gasteiger partial charge in [-0.3, -0.25) is 9.59 Å². The van der Waals surface area contributed by atoms with Crippen LogP contribution >= 0.6 is 0 Å². The molecule has 0 rings (SSSR count). The minimum Gasteiger partial charge on any atom is -0.466 e. The molecule has 0 fully saturated rings. The van der Waals surface area contributed by atoms with Crippen LogP contribution in [0.15, 0.2) is 0 Å². The van der Waals surface area contributed by atoms with Crippen molar-refractivity contribution in [1.82, 2.24) is 4.90 Å². The molecule has 6 nitrogen and oxygen atoms in total. The number of hydrogen-bond acceptors (Lipinski definition) is 6. The molecule has 0 spiro atoms. The van der Waals surface area contributed by atoms with Gasteiger partial charge in [0.15, 0.2) is 0 Å². The number of aliphatic hydroxyl groups excluding tert-OH is 1. The van der Waals surface area contributed by atoms with E-state index in [0.29, 0.717) is 25.9 Å². The Kier molecular flexibility index (Phi) is 40.8. The Bertz CT molecular complexity index is 827. The summed E-state index contributed by atoms with van der Waals surface area (Å²) in [6.07, 6.45) is 31.5. The van der Waals surface area contributed by atoms with Gasteiger partial charge in [-0.15, -0.1) is 0 Å². The monoisotopic (exact) mass is 806 g/mol. The summed E-state index contributed by atoms with van der Waals surface area (Å²) in [7, 11) is 0. The van der Waals surface area contributed by atoms with Crippen molar-refractivity contribution < 1.29 is 37.3 Å². The molecule has 0 aromatic rings. The van der Waals surface area contributed by atoms with E-state index in [0.717, 1.165) is 142 Å². The summed E-state index contributed by atoms with van der Waals surface area (Å²) in [5.41, 5.74) is 0. The van der Waals surface area contributed by atoms with E-state index in [2.05, 4.69) is 18.7 Å². The van der Waals surface area contributed by atoms with E-state index in [1.807, 2.05) is 0 Å². The molecule has 0 saturated heterocycles. The first-order chi connectivity index (χ1) is 27.2. The van der Waals surface area contributed by atoms with Crippen LogP contribution in [0.2, 0.25) is 0 Å². The molecular weight excluding hydrogens is 716 g/mol. The van der Waals surface area contributed by atoms with E-state index in [1.54, 1.807) is 0 Å². The second kappa shape index (κ2) is 41.8. The lowest BCUT2D eigenvalue weighted by atomic mass is 10.0. The van der Waals surface area contributed by atoms with Crippen LogP contribution in [0.1, 0.15) is 245 Å². The quantitative estimate of drug-likeness (QED) is 0.0488. The van der Waals surface area contributed by atoms with Gasteiger partial charge in [0.1, 0.15) is 6.10 Å². The van der Waals surface area contributed by atoms with Gasteiger partial charge in [-0.25, -0.2) is 0 Å². The molecule has 0 radical (unpaired) electrons. The van der Waals surface area contributed by atoms with Crippen molar-refractivity contribution in [1.29, 1.82) is 0 Å². The van der Waals surface area contributed by atoms with Gasteiger partial charge in [-0.1, -0.05) is 142 Å². The minimum atomic E-state index is -4.04. The second-order valence-electron chi connectivity index (χ2n) is 16.6. The molecule has 0 aromatic carbocycles. The first kappa shape index (κ1) is 54.6. The highest BCUT2D eigenvalue weighted by Crippen LogP contribution is 2.23. The third-order valence-corrected chi connectivity index (χ3v) is 11.0. The predicted molar refractivity (Wildman–Crippen MR) is 228 cm³/mol. The molecule has 0 heterocycles. The number of aliphatic hydroxyl groups is 1. The number of rotatable bonds is 44. The van der Waals surface area contributed by atoms with Gasteiger partial charge < -0.3 is 19.5 Å². The van der Waals surface area contributed by atoms with E-state index in [1.165, 1.54) is 77.0 Å². The molecule has 0 saturated carbocycles. The molecule has 0 bridgehead atoms. The third kappa shape index (κ3) is 42.3. The molecule has 1 N–H and O–H groups in total. The van der Waals surface area contributed by atoms with Crippen LogP contribution < -0.4 is 0 Å². The van der Waals surface area contributed by atoms with Crippen LogP contribution in [0.25, 0.3) is 0 Å². The normalized spacial score (nSPS) is 11.9. The van der Waals surface area contributed by atoms with Gasteiger partial charge in [-0.2, -0.15) is 13.2 Å². The lowest BCUT2D eigenvalue weighted by Gasteiger charge is -2.22. The summed E-state index contributed by atoms with van der Waals surface area (Å²) < 4.78 is 48.0. The number of unbranched alkanes of at least 4 members (excludes halogenated alkanes) is 25. The van der Waals surface area contributed by atoms with Crippen LogP contribution in [0, 0.1) is 0 Å². The summed E-state index contributed by atoms with van der Waals surface area (Å²) in [6.45, 7) is 8.35. The number of nitrogens with zero attached hydrogens (tertiary/aromatic N) is 1. The van der Waals surface area contributed by atoms with Gasteiger partial charge in [0.25, 0.3) is 0 Å². The molecular formula is C47H90F3NO5. The van der Waals surface area contributed by atoms with Crippen molar-refractivity contribution in [3.8, 4) is 0 Å². The Balaban J connectivity index is 4.15. The summed E-state index contributed by atoms with van der Waals surface area (Å²) in [5, 5.41) is 9.18. The maximum atomic E-state index is 12.8. The van der Waals surface area contributed by atoms with Crippen LogP contribution in [-0.2, 0) is 19.1 Å². The highest BCUT2D eigenvalue weighted by molar-refractivity contribution is 5.69. The first-order valence-corrected chi connectivity index (χ1v) is 24.0. The van der Waals surface area contributed by atoms with Crippen molar-refractivity contribution in [2.24, 2.45) is 0 Å². The van der Waals surface area contributed by atoms with Gasteiger partial charge in [0.05, 0.1) is 6.61 Å². The number of esters is 2. The van der Waals surface area contributed by atoms with E-state index in [-0.39, 0.29) is 31.1 Å². The number of hydrogen-bond donors (Lipinski definition) is 1. The first-order valence-electron chi connectivity index (χ1n) is 24.0. The summed E-state index contributed by atoms with van der Waals surface area (Å²) in [6, 6.07) is 0. The van der Waals surface area contributed by atoms with Crippen molar-refractivity contribution in [2.45, 2.75) is 257 Å². The number of alkyl halides is 3. The van der Waals surface area contributed by atoms with Gasteiger partial charge in [0.2, 0.25) is 0 Å². The lowest BCUT2D eigenvalue weighted by molar-refractivity contribution is -0.150. The number of halogens is 3. The molecule has 0 aliphatic carbocycles. The highest BCUT2D eigenvalue weighted by Gasteiger charge is 2.25. The van der Waals surface area contributed by atoms with E-state index in [9.17, 15) is 27.9 Å². The van der Waals surface area contributed by atoms with Crippen LogP contribution in [0.5, 0.6) is 0 Å². The maximum Gasteiger partial charge on any atom is 0.389 e. The van der Waals surface area contributed by atoms with Crippen LogP contribution in [0.4, 0.5) is 13.2 Å². The van der Waals surface area contributed by atoms with Crippen molar-refractivity contribution >= 4 is 11.9 Å². The van der Waals surface area contributed by atoms with E-state index in [4.69, 9.17) is 9.47 Å². The maximum absolute atomic E-state index is 12.8. The molecule has 0 amide bonds. The average molecular weight is 806 g/mol. The lowest BCUT2D eigenvalue weighted by Crippen LogP contribution is -2.27. The zero-order valence-corrected chi connectivity index (χ0v) is 36.7. The predicted octanol–water partition coefficient (Wildman–Crippen LogP) is 14.4. The van der Waals surface area contributed by atoms with Crippen molar-refractivity contribution in [3.63, 3.8) is 0 Å². The van der Waals surface area contributed by atoms with Gasteiger partial charge in [0, 0.05) is 25.9 Å². The molecule has 9 heteroatoms. The van der Waals surface area contributed by atoms with E-state index < -0.39 is 12.6 Å². The van der Waals surface area contributed by atoms with Gasteiger partial charge >= 0.3 is 18.1 Å².